The molecule has 0 aromatic heterocycles. The average molecular weight is 548 g/mol. The van der Waals surface area contributed by atoms with Gasteiger partial charge >= 0.3 is 0 Å². The minimum atomic E-state index is -0.573. The molecule has 0 aromatic rings. The van der Waals surface area contributed by atoms with Gasteiger partial charge in [0, 0.05) is 0 Å². The summed E-state index contributed by atoms with van der Waals surface area (Å²) in [4.78, 5) is 0. The molecule has 0 fully saturated rings. The van der Waals surface area contributed by atoms with Crippen LogP contribution >= 0.6 is 0 Å². The predicted octanol–water partition coefficient (Wildman–Crippen LogP) is 12.3. The summed E-state index contributed by atoms with van der Waals surface area (Å²) in [6, 6.07) is 0. The molecule has 3 nitrogen and oxygen atoms in total. The average Bonchev–Trinajstić information content (AvgIpc) is 2.95. The van der Waals surface area contributed by atoms with Crippen molar-refractivity contribution in [3.05, 3.63) is 24.3 Å². The Kier molecular flexibility index (Phi) is 32.2. The topological polar surface area (TPSA) is 52.8 Å². The summed E-state index contributed by atoms with van der Waals surface area (Å²) >= 11 is 0. The van der Waals surface area contributed by atoms with E-state index in [1.54, 1.807) is 0 Å². The van der Waals surface area contributed by atoms with Crippen molar-refractivity contribution < 1.29 is 10.3 Å². The van der Waals surface area contributed by atoms with Crippen molar-refractivity contribution in [2.45, 2.75) is 200 Å². The molecular weight excluding hydrogens is 478 g/mol. The van der Waals surface area contributed by atoms with Crippen LogP contribution in [-0.2, 0) is 0 Å². The van der Waals surface area contributed by atoms with Crippen LogP contribution in [0.5, 0.6) is 0 Å². The molecular formula is C36H69NO2. The van der Waals surface area contributed by atoms with E-state index >= 15 is 0 Å². The van der Waals surface area contributed by atoms with E-state index in [1.807, 2.05) is 0 Å². The Morgan fingerprint density at radius 1 is 0.487 bits per heavy atom. The second-order valence-corrected chi connectivity index (χ2v) is 11.8. The maximum atomic E-state index is 10.4. The SMILES string of the molecule is CCCCCCCCC=CCCCCCCCC(=NO)C(O)CCCCCCCC=CCCCCCCCC. The van der Waals surface area contributed by atoms with Gasteiger partial charge in [-0.25, -0.2) is 0 Å². The number of aliphatic hydroxyl groups excluding tert-OH is 1. The first-order chi connectivity index (χ1) is 19.3. The van der Waals surface area contributed by atoms with Crippen LogP contribution in [0.4, 0.5) is 0 Å². The molecule has 230 valence electrons. The van der Waals surface area contributed by atoms with Crippen LogP contribution in [0.1, 0.15) is 194 Å². The summed E-state index contributed by atoms with van der Waals surface area (Å²) in [5.74, 6) is 0. The molecule has 0 aliphatic carbocycles. The zero-order valence-corrected chi connectivity index (χ0v) is 26.5. The van der Waals surface area contributed by atoms with E-state index in [-0.39, 0.29) is 0 Å². The molecule has 0 radical (unpaired) electrons. The Morgan fingerprint density at radius 3 is 1.21 bits per heavy atom. The summed E-state index contributed by atoms with van der Waals surface area (Å²) in [6.07, 6.45) is 43.7. The van der Waals surface area contributed by atoms with Crippen LogP contribution in [0.25, 0.3) is 0 Å². The van der Waals surface area contributed by atoms with Gasteiger partial charge in [-0.1, -0.05) is 152 Å². The number of aliphatic hydroxyl groups is 1. The van der Waals surface area contributed by atoms with Gasteiger partial charge in [0.2, 0.25) is 0 Å². The Balaban J connectivity index is 3.50. The summed E-state index contributed by atoms with van der Waals surface area (Å²) in [5.41, 5.74) is 0.586. The number of oxime groups is 1. The Labute approximate surface area is 245 Å². The Morgan fingerprint density at radius 2 is 0.821 bits per heavy atom. The largest absolute Gasteiger partial charge is 0.411 e. The minimum absolute atomic E-state index is 0.573. The lowest BCUT2D eigenvalue weighted by Gasteiger charge is -2.12. The van der Waals surface area contributed by atoms with Crippen molar-refractivity contribution in [3.63, 3.8) is 0 Å². The summed E-state index contributed by atoms with van der Waals surface area (Å²) in [5, 5.41) is 23.2. The van der Waals surface area contributed by atoms with E-state index in [4.69, 9.17) is 0 Å². The number of allylic oxidation sites excluding steroid dienone is 4. The summed E-state index contributed by atoms with van der Waals surface area (Å²) in [7, 11) is 0. The zero-order valence-electron chi connectivity index (χ0n) is 26.5. The molecule has 0 saturated carbocycles. The normalized spacial score (nSPS) is 13.3. The van der Waals surface area contributed by atoms with Crippen LogP contribution < -0.4 is 0 Å². The molecule has 1 unspecified atom stereocenters. The fourth-order valence-electron chi connectivity index (χ4n) is 5.24. The van der Waals surface area contributed by atoms with Gasteiger partial charge in [-0.05, 0) is 70.6 Å². The number of unbranched alkanes of at least 4 members (excludes halogenated alkanes) is 22. The highest BCUT2D eigenvalue weighted by molar-refractivity contribution is 5.87. The third-order valence-electron chi connectivity index (χ3n) is 7.95. The van der Waals surface area contributed by atoms with E-state index in [1.165, 1.54) is 141 Å². The van der Waals surface area contributed by atoms with Crippen molar-refractivity contribution in [2.24, 2.45) is 5.16 Å². The van der Waals surface area contributed by atoms with E-state index < -0.39 is 6.10 Å². The van der Waals surface area contributed by atoms with Gasteiger partial charge in [-0.2, -0.15) is 0 Å². The molecule has 0 bridgehead atoms. The molecule has 0 aromatic carbocycles. The first-order valence-electron chi connectivity index (χ1n) is 17.4. The zero-order chi connectivity index (χ0) is 28.5. The van der Waals surface area contributed by atoms with Gasteiger partial charge in [0.25, 0.3) is 0 Å². The van der Waals surface area contributed by atoms with Crippen molar-refractivity contribution >= 4 is 5.71 Å². The van der Waals surface area contributed by atoms with E-state index in [9.17, 15) is 10.3 Å². The molecule has 1 atom stereocenters. The first kappa shape index (κ1) is 37.9. The van der Waals surface area contributed by atoms with Gasteiger partial charge in [0.15, 0.2) is 0 Å². The molecule has 0 rings (SSSR count). The lowest BCUT2D eigenvalue weighted by Crippen LogP contribution is -2.20. The van der Waals surface area contributed by atoms with Gasteiger partial charge in [0.05, 0.1) is 11.8 Å². The van der Waals surface area contributed by atoms with Crippen LogP contribution in [0, 0.1) is 0 Å². The maximum Gasteiger partial charge on any atom is 0.0954 e. The molecule has 0 amide bonds. The molecule has 3 heteroatoms. The van der Waals surface area contributed by atoms with Crippen LogP contribution in [0.2, 0.25) is 0 Å². The third kappa shape index (κ3) is 29.7. The molecule has 0 aliphatic heterocycles. The van der Waals surface area contributed by atoms with E-state index in [0.717, 1.165) is 38.5 Å². The van der Waals surface area contributed by atoms with Gasteiger partial charge in [0.1, 0.15) is 0 Å². The van der Waals surface area contributed by atoms with Gasteiger partial charge < -0.3 is 10.3 Å². The van der Waals surface area contributed by atoms with Crippen molar-refractivity contribution in [1.82, 2.24) is 0 Å². The Bertz CT molecular complexity index is 554. The monoisotopic (exact) mass is 548 g/mol. The van der Waals surface area contributed by atoms with Gasteiger partial charge in [-0.15, -0.1) is 0 Å². The lowest BCUT2D eigenvalue weighted by atomic mass is 10.00. The fraction of sp³-hybridized carbons (Fsp3) is 0.861. The standard InChI is InChI=1S/C36H69NO2/c1-3-5-7-9-11-13-15-17-19-21-23-25-27-29-31-33-35(37-39)36(38)34-32-30-28-26-24-22-20-18-16-14-12-10-8-6-4-2/h17-20,36,38-39H,3-16,21-34H2,1-2H3. The molecule has 39 heavy (non-hydrogen) atoms. The quantitative estimate of drug-likeness (QED) is 0.0298. The molecule has 2 N–H and O–H groups in total. The fourth-order valence-corrected chi connectivity index (χ4v) is 5.24. The van der Waals surface area contributed by atoms with Crippen LogP contribution in [-0.4, -0.2) is 22.1 Å². The maximum absolute atomic E-state index is 10.4. The van der Waals surface area contributed by atoms with Crippen molar-refractivity contribution in [2.75, 3.05) is 0 Å². The molecule has 0 aliphatic rings. The number of rotatable bonds is 31. The summed E-state index contributed by atoms with van der Waals surface area (Å²) < 4.78 is 0. The van der Waals surface area contributed by atoms with Crippen molar-refractivity contribution in [3.8, 4) is 0 Å². The second kappa shape index (κ2) is 33.1. The summed E-state index contributed by atoms with van der Waals surface area (Å²) in [6.45, 7) is 4.55. The lowest BCUT2D eigenvalue weighted by molar-refractivity contribution is 0.213. The van der Waals surface area contributed by atoms with Crippen LogP contribution in [0.3, 0.4) is 0 Å². The number of hydrogen-bond donors (Lipinski definition) is 2. The van der Waals surface area contributed by atoms with Gasteiger partial charge in [-0.3, -0.25) is 0 Å². The molecule has 0 saturated heterocycles. The first-order valence-corrected chi connectivity index (χ1v) is 17.4. The Hall–Kier alpha value is -1.09. The minimum Gasteiger partial charge on any atom is -0.411 e. The predicted molar refractivity (Wildman–Crippen MR) is 174 cm³/mol. The third-order valence-corrected chi connectivity index (χ3v) is 7.95. The second-order valence-electron chi connectivity index (χ2n) is 11.8. The molecule has 0 heterocycles. The smallest absolute Gasteiger partial charge is 0.0954 e. The molecule has 0 spiro atoms. The highest BCUT2D eigenvalue weighted by Crippen LogP contribution is 2.15. The van der Waals surface area contributed by atoms with E-state index in [2.05, 4.69) is 43.3 Å². The number of nitrogens with zero attached hydrogens (tertiary/aromatic N) is 1. The number of hydrogen-bond acceptors (Lipinski definition) is 3. The van der Waals surface area contributed by atoms with E-state index in [0.29, 0.717) is 5.71 Å². The highest BCUT2D eigenvalue weighted by atomic mass is 16.4. The van der Waals surface area contributed by atoms with Crippen LogP contribution in [0.15, 0.2) is 29.5 Å². The highest BCUT2D eigenvalue weighted by Gasteiger charge is 2.12. The van der Waals surface area contributed by atoms with Crippen molar-refractivity contribution in [1.29, 1.82) is 0 Å².